The summed E-state index contributed by atoms with van der Waals surface area (Å²) in [6, 6.07) is 9.08. The number of carbonyl (C=O) groups excluding carboxylic acids is 1. The normalized spacial score (nSPS) is 10.3. The van der Waals surface area contributed by atoms with Crippen LogP contribution in [0.2, 0.25) is 4.34 Å². The maximum Gasteiger partial charge on any atom is 0.269 e. The van der Waals surface area contributed by atoms with Crippen LogP contribution in [0.3, 0.4) is 0 Å². The fourth-order valence-electron chi connectivity index (χ4n) is 1.41. The molecule has 0 saturated heterocycles. The summed E-state index contributed by atoms with van der Waals surface area (Å²) in [6.07, 6.45) is 0.775. The van der Waals surface area contributed by atoms with E-state index in [1.807, 2.05) is 12.1 Å². The zero-order chi connectivity index (χ0) is 13.0. The predicted molar refractivity (Wildman–Crippen MR) is 77.3 cm³/mol. The molecule has 18 heavy (non-hydrogen) atoms. The number of rotatable bonds is 4. The molecule has 0 aliphatic heterocycles. The molecule has 0 fully saturated rings. The van der Waals surface area contributed by atoms with E-state index in [4.69, 9.17) is 11.6 Å². The second-order valence-electron chi connectivity index (χ2n) is 3.56. The molecule has 1 N–H and O–H groups in total. The van der Waals surface area contributed by atoms with Gasteiger partial charge >= 0.3 is 0 Å². The molecule has 0 aliphatic rings. The Labute approximate surface area is 122 Å². The number of thiophene rings is 1. The third-order valence-corrected chi connectivity index (χ3v) is 3.97. The molecule has 2 heterocycles. The molecule has 0 atom stereocenters. The Hall–Kier alpha value is -0.910. The Kier molecular flexibility index (Phi) is 4.74. The van der Waals surface area contributed by atoms with Crippen molar-refractivity contribution in [1.29, 1.82) is 0 Å². The fourth-order valence-corrected chi connectivity index (χ4v) is 2.84. The van der Waals surface area contributed by atoms with Gasteiger partial charge in [0.1, 0.15) is 10.3 Å². The first-order chi connectivity index (χ1) is 8.65. The summed E-state index contributed by atoms with van der Waals surface area (Å²) in [4.78, 5) is 17.0. The molecule has 0 aliphatic carbocycles. The molecule has 0 bridgehead atoms. The van der Waals surface area contributed by atoms with Gasteiger partial charge in [-0.1, -0.05) is 17.7 Å². The first-order valence-corrected chi connectivity index (χ1v) is 7.29. The zero-order valence-electron chi connectivity index (χ0n) is 9.32. The van der Waals surface area contributed by atoms with Crippen LogP contribution in [0.5, 0.6) is 0 Å². The van der Waals surface area contributed by atoms with E-state index < -0.39 is 0 Å². The largest absolute Gasteiger partial charge is 0.350 e. The molecule has 2 aromatic rings. The summed E-state index contributed by atoms with van der Waals surface area (Å²) >= 11 is 10.6. The predicted octanol–water partition coefficient (Wildman–Crippen LogP) is 3.53. The van der Waals surface area contributed by atoms with Gasteiger partial charge in [-0.05, 0) is 46.6 Å². The first-order valence-electron chi connectivity index (χ1n) is 5.30. The van der Waals surface area contributed by atoms with Crippen LogP contribution in [-0.4, -0.2) is 17.4 Å². The Morgan fingerprint density at radius 1 is 1.39 bits per heavy atom. The van der Waals surface area contributed by atoms with Crippen LogP contribution in [0.15, 0.2) is 34.9 Å². The van der Waals surface area contributed by atoms with Crippen LogP contribution in [-0.2, 0) is 6.42 Å². The lowest BCUT2D eigenvalue weighted by Crippen LogP contribution is -2.26. The molecule has 3 nitrogen and oxygen atoms in total. The van der Waals surface area contributed by atoms with Crippen LogP contribution >= 0.6 is 38.9 Å². The second-order valence-corrected chi connectivity index (χ2v) is 6.17. The van der Waals surface area contributed by atoms with Crippen molar-refractivity contribution in [3.05, 3.63) is 49.8 Å². The van der Waals surface area contributed by atoms with E-state index in [0.29, 0.717) is 16.8 Å². The number of aromatic nitrogens is 1. The molecule has 0 aromatic carbocycles. The third kappa shape index (κ3) is 3.80. The summed E-state index contributed by atoms with van der Waals surface area (Å²) in [7, 11) is 0. The molecule has 2 aromatic heterocycles. The average Bonchev–Trinajstić information content (AvgIpc) is 2.75. The van der Waals surface area contributed by atoms with Crippen LogP contribution in [0.25, 0.3) is 0 Å². The summed E-state index contributed by atoms with van der Waals surface area (Å²) in [5.41, 5.74) is 0.411. The smallest absolute Gasteiger partial charge is 0.269 e. The van der Waals surface area contributed by atoms with Gasteiger partial charge in [-0.2, -0.15) is 0 Å². The van der Waals surface area contributed by atoms with E-state index in [0.717, 1.165) is 15.6 Å². The summed E-state index contributed by atoms with van der Waals surface area (Å²) < 4.78 is 1.42. The number of carbonyl (C=O) groups is 1. The Morgan fingerprint density at radius 3 is 2.89 bits per heavy atom. The number of nitrogens with zero attached hydrogens (tertiary/aromatic N) is 1. The molecular weight excluding hydrogens is 336 g/mol. The maximum atomic E-state index is 11.8. The first kappa shape index (κ1) is 13.5. The number of hydrogen-bond acceptors (Lipinski definition) is 3. The van der Waals surface area contributed by atoms with Crippen LogP contribution in [0.1, 0.15) is 15.4 Å². The van der Waals surface area contributed by atoms with Crippen molar-refractivity contribution in [2.24, 2.45) is 0 Å². The Morgan fingerprint density at radius 2 is 2.22 bits per heavy atom. The molecular formula is C12H10BrClN2OS. The maximum absolute atomic E-state index is 11.8. The van der Waals surface area contributed by atoms with E-state index in [1.54, 1.807) is 18.2 Å². The molecule has 6 heteroatoms. The highest BCUT2D eigenvalue weighted by molar-refractivity contribution is 9.10. The lowest BCUT2D eigenvalue weighted by Gasteiger charge is -2.03. The number of amides is 1. The standard InChI is InChI=1S/C12H10BrClN2OS/c13-10-3-1-2-9(16-10)12(17)15-7-6-8-4-5-11(14)18-8/h1-5H,6-7H2,(H,15,17). The average molecular weight is 346 g/mol. The molecule has 0 radical (unpaired) electrons. The van der Waals surface area contributed by atoms with Crippen molar-refractivity contribution >= 4 is 44.8 Å². The molecule has 2 rings (SSSR count). The highest BCUT2D eigenvalue weighted by Crippen LogP contribution is 2.21. The quantitative estimate of drug-likeness (QED) is 0.861. The van der Waals surface area contributed by atoms with Gasteiger partial charge in [0.05, 0.1) is 4.34 Å². The lowest BCUT2D eigenvalue weighted by molar-refractivity contribution is 0.0949. The van der Waals surface area contributed by atoms with E-state index >= 15 is 0 Å². The van der Waals surface area contributed by atoms with Gasteiger partial charge in [0.2, 0.25) is 0 Å². The monoisotopic (exact) mass is 344 g/mol. The van der Waals surface area contributed by atoms with Gasteiger partial charge < -0.3 is 5.32 Å². The van der Waals surface area contributed by atoms with Crippen LogP contribution in [0, 0.1) is 0 Å². The van der Waals surface area contributed by atoms with Gasteiger partial charge in [0, 0.05) is 11.4 Å². The minimum absolute atomic E-state index is 0.168. The summed E-state index contributed by atoms with van der Waals surface area (Å²) in [5, 5.41) is 2.83. The highest BCUT2D eigenvalue weighted by atomic mass is 79.9. The van der Waals surface area contributed by atoms with Crippen molar-refractivity contribution in [2.45, 2.75) is 6.42 Å². The van der Waals surface area contributed by atoms with E-state index in [-0.39, 0.29) is 5.91 Å². The van der Waals surface area contributed by atoms with Crippen molar-refractivity contribution in [1.82, 2.24) is 10.3 Å². The zero-order valence-corrected chi connectivity index (χ0v) is 12.5. The number of halogens is 2. The molecule has 94 valence electrons. The van der Waals surface area contributed by atoms with Crippen LogP contribution in [0.4, 0.5) is 0 Å². The fraction of sp³-hybridized carbons (Fsp3) is 0.167. The third-order valence-electron chi connectivity index (χ3n) is 2.23. The van der Waals surface area contributed by atoms with Crippen molar-refractivity contribution in [3.8, 4) is 0 Å². The van der Waals surface area contributed by atoms with Crippen molar-refractivity contribution in [3.63, 3.8) is 0 Å². The molecule has 0 saturated carbocycles. The molecule has 0 spiro atoms. The Bertz CT molecular complexity index is 559. The van der Waals surface area contributed by atoms with Gasteiger partial charge in [-0.25, -0.2) is 4.98 Å². The molecule has 0 unspecified atom stereocenters. The van der Waals surface area contributed by atoms with Gasteiger partial charge in [-0.15, -0.1) is 11.3 Å². The minimum Gasteiger partial charge on any atom is -0.350 e. The summed E-state index contributed by atoms with van der Waals surface area (Å²) in [6.45, 7) is 0.573. The topological polar surface area (TPSA) is 42.0 Å². The SMILES string of the molecule is O=C(NCCc1ccc(Cl)s1)c1cccc(Br)n1. The van der Waals surface area contributed by atoms with Crippen molar-refractivity contribution in [2.75, 3.05) is 6.54 Å². The van der Waals surface area contributed by atoms with E-state index in [9.17, 15) is 4.79 Å². The van der Waals surface area contributed by atoms with Gasteiger partial charge in [-0.3, -0.25) is 4.79 Å². The van der Waals surface area contributed by atoms with E-state index in [1.165, 1.54) is 11.3 Å². The number of pyridine rings is 1. The lowest BCUT2D eigenvalue weighted by atomic mass is 10.3. The van der Waals surface area contributed by atoms with Crippen LogP contribution < -0.4 is 5.32 Å². The minimum atomic E-state index is -0.168. The van der Waals surface area contributed by atoms with Gasteiger partial charge in [0.15, 0.2) is 0 Å². The molecule has 1 amide bonds. The second kappa shape index (κ2) is 6.31. The Balaban J connectivity index is 1.85. The van der Waals surface area contributed by atoms with Gasteiger partial charge in [0.25, 0.3) is 5.91 Å². The summed E-state index contributed by atoms with van der Waals surface area (Å²) in [5.74, 6) is -0.168. The van der Waals surface area contributed by atoms with E-state index in [2.05, 4.69) is 26.2 Å². The van der Waals surface area contributed by atoms with Crippen molar-refractivity contribution < 1.29 is 4.79 Å². The number of nitrogens with one attached hydrogen (secondary N) is 1. The highest BCUT2D eigenvalue weighted by Gasteiger charge is 2.07. The number of hydrogen-bond donors (Lipinski definition) is 1.